The Hall–Kier alpha value is -1.75. The normalized spacial score (nSPS) is 15.8. The van der Waals surface area contributed by atoms with E-state index in [9.17, 15) is 9.90 Å². The zero-order chi connectivity index (χ0) is 17.6. The first-order valence-electron chi connectivity index (χ1n) is 9.02. The van der Waals surface area contributed by atoms with Crippen molar-refractivity contribution in [2.75, 3.05) is 36.4 Å². The number of nitrogens with one attached hydrogen (secondary N) is 1. The number of urea groups is 1. The van der Waals surface area contributed by atoms with Crippen molar-refractivity contribution in [2.45, 2.75) is 52.1 Å². The molecule has 1 aromatic rings. The average molecular weight is 333 g/mol. The largest absolute Gasteiger partial charge is 0.389 e. The molecular weight excluding hydrogens is 302 g/mol. The lowest BCUT2D eigenvalue weighted by molar-refractivity contribution is 0.0501. The SMILES string of the molecule is CCN(CC(C)(C)O)C(=O)Nc1cccc(N2CCCCCC2)c1. The van der Waals surface area contributed by atoms with E-state index in [1.165, 1.54) is 31.4 Å². The number of hydrogen-bond donors (Lipinski definition) is 2. The van der Waals surface area contributed by atoms with E-state index in [1.807, 2.05) is 25.1 Å². The van der Waals surface area contributed by atoms with E-state index in [4.69, 9.17) is 0 Å². The molecule has 1 saturated heterocycles. The molecule has 1 heterocycles. The molecule has 2 N–H and O–H groups in total. The van der Waals surface area contributed by atoms with Crippen molar-refractivity contribution >= 4 is 17.4 Å². The van der Waals surface area contributed by atoms with E-state index in [0.717, 1.165) is 18.8 Å². The van der Waals surface area contributed by atoms with Gasteiger partial charge >= 0.3 is 6.03 Å². The monoisotopic (exact) mass is 333 g/mol. The fourth-order valence-corrected chi connectivity index (χ4v) is 3.11. The molecule has 0 spiro atoms. The maximum atomic E-state index is 12.5. The fourth-order valence-electron chi connectivity index (χ4n) is 3.11. The summed E-state index contributed by atoms with van der Waals surface area (Å²) in [5, 5.41) is 12.9. The van der Waals surface area contributed by atoms with Crippen LogP contribution in [-0.2, 0) is 0 Å². The van der Waals surface area contributed by atoms with Crippen LogP contribution in [0.15, 0.2) is 24.3 Å². The van der Waals surface area contributed by atoms with Crippen LogP contribution in [0.25, 0.3) is 0 Å². The number of amides is 2. The Balaban J connectivity index is 2.03. The van der Waals surface area contributed by atoms with Crippen LogP contribution in [0.4, 0.5) is 16.2 Å². The van der Waals surface area contributed by atoms with Gasteiger partial charge in [-0.1, -0.05) is 18.9 Å². The summed E-state index contributed by atoms with van der Waals surface area (Å²) in [5.74, 6) is 0. The molecule has 0 radical (unpaired) electrons. The number of likely N-dealkylation sites (N-methyl/N-ethyl adjacent to an activating group) is 1. The van der Waals surface area contributed by atoms with Crippen LogP contribution in [-0.4, -0.2) is 47.8 Å². The molecule has 134 valence electrons. The van der Waals surface area contributed by atoms with Gasteiger partial charge in [-0.25, -0.2) is 4.79 Å². The third kappa shape index (κ3) is 5.71. The summed E-state index contributed by atoms with van der Waals surface area (Å²) in [6.07, 6.45) is 5.06. The molecular formula is C19H31N3O2. The van der Waals surface area contributed by atoms with Crippen molar-refractivity contribution in [3.05, 3.63) is 24.3 Å². The van der Waals surface area contributed by atoms with E-state index < -0.39 is 5.60 Å². The van der Waals surface area contributed by atoms with E-state index in [1.54, 1.807) is 18.7 Å². The molecule has 5 nitrogen and oxygen atoms in total. The lowest BCUT2D eigenvalue weighted by Crippen LogP contribution is -2.44. The molecule has 1 aliphatic rings. The van der Waals surface area contributed by atoms with Gasteiger partial charge in [-0.05, 0) is 51.8 Å². The van der Waals surface area contributed by atoms with Gasteiger partial charge in [0.05, 0.1) is 12.1 Å². The van der Waals surface area contributed by atoms with Gasteiger partial charge in [0.15, 0.2) is 0 Å². The highest BCUT2D eigenvalue weighted by Gasteiger charge is 2.21. The number of hydrogen-bond acceptors (Lipinski definition) is 3. The van der Waals surface area contributed by atoms with Crippen LogP contribution in [0.2, 0.25) is 0 Å². The Morgan fingerprint density at radius 1 is 1.25 bits per heavy atom. The molecule has 0 bridgehead atoms. The first kappa shape index (κ1) is 18.6. The second kappa shape index (κ2) is 8.38. The Labute approximate surface area is 145 Å². The smallest absolute Gasteiger partial charge is 0.321 e. The lowest BCUT2D eigenvalue weighted by Gasteiger charge is -2.28. The van der Waals surface area contributed by atoms with E-state index in [2.05, 4.69) is 16.3 Å². The zero-order valence-corrected chi connectivity index (χ0v) is 15.2. The van der Waals surface area contributed by atoms with E-state index in [0.29, 0.717) is 13.1 Å². The maximum absolute atomic E-state index is 12.5. The van der Waals surface area contributed by atoms with Gasteiger partial charge in [0.2, 0.25) is 0 Å². The number of nitrogens with zero attached hydrogens (tertiary/aromatic N) is 2. The molecule has 1 aliphatic heterocycles. The summed E-state index contributed by atoms with van der Waals surface area (Å²) in [5.41, 5.74) is 1.07. The molecule has 24 heavy (non-hydrogen) atoms. The topological polar surface area (TPSA) is 55.8 Å². The minimum Gasteiger partial charge on any atom is -0.389 e. The van der Waals surface area contributed by atoms with Gasteiger partial charge < -0.3 is 20.2 Å². The van der Waals surface area contributed by atoms with Crippen molar-refractivity contribution in [2.24, 2.45) is 0 Å². The number of carbonyl (C=O) groups excluding carboxylic acids is 1. The third-order valence-electron chi connectivity index (χ3n) is 4.32. The van der Waals surface area contributed by atoms with E-state index in [-0.39, 0.29) is 6.03 Å². The first-order valence-corrected chi connectivity index (χ1v) is 9.02. The average Bonchev–Trinajstić information content (AvgIpc) is 2.81. The number of aliphatic hydroxyl groups is 1. The summed E-state index contributed by atoms with van der Waals surface area (Å²) in [4.78, 5) is 16.5. The molecule has 1 aromatic carbocycles. The molecule has 0 atom stereocenters. The highest BCUT2D eigenvalue weighted by atomic mass is 16.3. The minimum atomic E-state index is -0.902. The molecule has 0 unspecified atom stereocenters. The Bertz CT molecular complexity index is 532. The molecule has 0 aromatic heterocycles. The quantitative estimate of drug-likeness (QED) is 0.864. The fraction of sp³-hybridized carbons (Fsp3) is 0.632. The second-order valence-electron chi connectivity index (χ2n) is 7.21. The zero-order valence-electron chi connectivity index (χ0n) is 15.2. The van der Waals surface area contributed by atoms with Crippen molar-refractivity contribution in [3.8, 4) is 0 Å². The number of rotatable bonds is 5. The van der Waals surface area contributed by atoms with Crippen LogP contribution >= 0.6 is 0 Å². The summed E-state index contributed by atoms with van der Waals surface area (Å²) < 4.78 is 0. The summed E-state index contributed by atoms with van der Waals surface area (Å²) >= 11 is 0. The Morgan fingerprint density at radius 3 is 2.50 bits per heavy atom. The summed E-state index contributed by atoms with van der Waals surface area (Å²) in [6, 6.07) is 7.88. The molecule has 2 amide bonds. The minimum absolute atomic E-state index is 0.173. The van der Waals surface area contributed by atoms with E-state index >= 15 is 0 Å². The van der Waals surface area contributed by atoms with Crippen LogP contribution in [0.1, 0.15) is 46.5 Å². The molecule has 1 fully saturated rings. The van der Waals surface area contributed by atoms with Gasteiger partial charge in [0.25, 0.3) is 0 Å². The third-order valence-corrected chi connectivity index (χ3v) is 4.32. The van der Waals surface area contributed by atoms with Crippen molar-refractivity contribution < 1.29 is 9.90 Å². The lowest BCUT2D eigenvalue weighted by atomic mass is 10.1. The number of anilines is 2. The van der Waals surface area contributed by atoms with Crippen LogP contribution in [0.5, 0.6) is 0 Å². The Kier molecular flexibility index (Phi) is 6.49. The van der Waals surface area contributed by atoms with Gasteiger partial charge in [-0.3, -0.25) is 0 Å². The van der Waals surface area contributed by atoms with Crippen molar-refractivity contribution in [3.63, 3.8) is 0 Å². The van der Waals surface area contributed by atoms with Gasteiger partial charge in [-0.15, -0.1) is 0 Å². The predicted octanol–water partition coefficient (Wildman–Crippen LogP) is 3.69. The van der Waals surface area contributed by atoms with Crippen LogP contribution < -0.4 is 10.2 Å². The van der Waals surface area contributed by atoms with Crippen molar-refractivity contribution in [1.82, 2.24) is 4.90 Å². The van der Waals surface area contributed by atoms with Crippen LogP contribution in [0.3, 0.4) is 0 Å². The summed E-state index contributed by atoms with van der Waals surface area (Å²) in [6.45, 7) is 8.36. The van der Waals surface area contributed by atoms with Gasteiger partial charge in [0, 0.05) is 31.0 Å². The maximum Gasteiger partial charge on any atom is 0.321 e. The van der Waals surface area contributed by atoms with Crippen molar-refractivity contribution in [1.29, 1.82) is 0 Å². The Morgan fingerprint density at radius 2 is 1.92 bits per heavy atom. The first-order chi connectivity index (χ1) is 11.4. The highest BCUT2D eigenvalue weighted by Crippen LogP contribution is 2.23. The standard InChI is InChI=1S/C19H31N3O2/c1-4-21(15-19(2,3)24)18(23)20-16-10-9-11-17(14-16)22-12-7-5-6-8-13-22/h9-11,14,24H,4-8,12-13,15H2,1-3H3,(H,20,23). The summed E-state index contributed by atoms with van der Waals surface area (Å²) in [7, 11) is 0. The molecule has 0 aliphatic carbocycles. The number of benzene rings is 1. The predicted molar refractivity (Wildman–Crippen MR) is 99.7 cm³/mol. The number of carbonyl (C=O) groups is 1. The van der Waals surface area contributed by atoms with Gasteiger partial charge in [0.1, 0.15) is 0 Å². The molecule has 5 heteroatoms. The van der Waals surface area contributed by atoms with Gasteiger partial charge in [-0.2, -0.15) is 0 Å². The highest BCUT2D eigenvalue weighted by molar-refractivity contribution is 5.90. The molecule has 2 rings (SSSR count). The van der Waals surface area contributed by atoms with Crippen LogP contribution in [0, 0.1) is 0 Å². The second-order valence-corrected chi connectivity index (χ2v) is 7.21. The molecule has 0 saturated carbocycles.